The second kappa shape index (κ2) is 9.30. The van der Waals surface area contributed by atoms with Crippen molar-refractivity contribution in [3.63, 3.8) is 0 Å². The molecule has 0 unspecified atom stereocenters. The van der Waals surface area contributed by atoms with Crippen LogP contribution in [0.3, 0.4) is 0 Å². The summed E-state index contributed by atoms with van der Waals surface area (Å²) in [7, 11) is 2.09. The van der Waals surface area contributed by atoms with Gasteiger partial charge in [0, 0.05) is 31.9 Å². The van der Waals surface area contributed by atoms with Crippen LogP contribution >= 0.6 is 23.6 Å². The minimum atomic E-state index is 0.680. The van der Waals surface area contributed by atoms with Crippen LogP contribution in [-0.2, 0) is 13.2 Å². The zero-order chi connectivity index (χ0) is 18.4. The average Bonchev–Trinajstić information content (AvgIpc) is 3.00. The Morgan fingerprint density at radius 3 is 2.69 bits per heavy atom. The summed E-state index contributed by atoms with van der Waals surface area (Å²) in [6.45, 7) is 8.32. The summed E-state index contributed by atoms with van der Waals surface area (Å²) in [4.78, 5) is 4.71. The highest BCUT2D eigenvalue weighted by atomic mass is 32.1. The lowest BCUT2D eigenvalue weighted by molar-refractivity contribution is 0.245. The van der Waals surface area contributed by atoms with Crippen molar-refractivity contribution in [2.45, 2.75) is 32.5 Å². The predicted octanol–water partition coefficient (Wildman–Crippen LogP) is 4.35. The van der Waals surface area contributed by atoms with Crippen LogP contribution in [0.1, 0.15) is 24.8 Å². The van der Waals surface area contributed by atoms with E-state index in [4.69, 9.17) is 12.2 Å². The van der Waals surface area contributed by atoms with E-state index in [9.17, 15) is 0 Å². The summed E-state index contributed by atoms with van der Waals surface area (Å²) >= 11 is 6.91. The van der Waals surface area contributed by atoms with Crippen molar-refractivity contribution in [2.75, 3.05) is 36.9 Å². The van der Waals surface area contributed by atoms with Crippen LogP contribution in [0, 0.1) is 3.95 Å². The molecule has 1 saturated heterocycles. The molecule has 5 nitrogen and oxygen atoms in total. The molecule has 0 spiro atoms. The van der Waals surface area contributed by atoms with Gasteiger partial charge in [-0.05, 0) is 56.2 Å². The second-order valence-corrected chi connectivity index (χ2v) is 8.33. The number of nitrogens with one attached hydrogen (secondary N) is 1. The Labute approximate surface area is 164 Å². The van der Waals surface area contributed by atoms with Gasteiger partial charge in [-0.15, -0.1) is 11.7 Å². The molecule has 2 aromatic rings. The Kier molecular flexibility index (Phi) is 6.82. The highest BCUT2D eigenvalue weighted by Gasteiger charge is 2.11. The van der Waals surface area contributed by atoms with Crippen LogP contribution in [0.5, 0.6) is 0 Å². The third-order valence-corrected chi connectivity index (χ3v) is 5.75. The van der Waals surface area contributed by atoms with Crippen LogP contribution in [0.4, 0.5) is 10.8 Å². The summed E-state index contributed by atoms with van der Waals surface area (Å²) in [6.07, 6.45) is 5.79. The molecule has 0 amide bonds. The molecule has 3 rings (SSSR count). The van der Waals surface area contributed by atoms with Crippen molar-refractivity contribution < 1.29 is 0 Å². The lowest BCUT2D eigenvalue weighted by atomic mass is 10.1. The smallest absolute Gasteiger partial charge is 0.204 e. The van der Waals surface area contributed by atoms with Crippen molar-refractivity contribution >= 4 is 34.4 Å². The van der Waals surface area contributed by atoms with Crippen LogP contribution in [0.25, 0.3) is 0 Å². The predicted molar refractivity (Wildman–Crippen MR) is 114 cm³/mol. The first-order valence-corrected chi connectivity index (χ1v) is 10.3. The molecule has 1 aromatic carbocycles. The van der Waals surface area contributed by atoms with Gasteiger partial charge in [-0.3, -0.25) is 4.90 Å². The minimum absolute atomic E-state index is 0.680. The quantitative estimate of drug-likeness (QED) is 0.536. The van der Waals surface area contributed by atoms with Gasteiger partial charge in [0.1, 0.15) is 0 Å². The Hall–Kier alpha value is -1.70. The number of hydrogen-bond acceptors (Lipinski definition) is 6. The van der Waals surface area contributed by atoms with E-state index in [1.165, 1.54) is 54.9 Å². The first kappa shape index (κ1) is 19.1. The molecule has 1 N–H and O–H groups in total. The van der Waals surface area contributed by atoms with E-state index >= 15 is 0 Å². The van der Waals surface area contributed by atoms with Gasteiger partial charge < -0.3 is 10.2 Å². The molecule has 2 heterocycles. The van der Waals surface area contributed by atoms with Gasteiger partial charge in [0.05, 0.1) is 6.67 Å². The van der Waals surface area contributed by atoms with Gasteiger partial charge in [0.25, 0.3) is 0 Å². The molecule has 1 aliphatic heterocycles. The maximum atomic E-state index is 5.42. The summed E-state index contributed by atoms with van der Waals surface area (Å²) in [5.41, 5.74) is 2.65. The Morgan fingerprint density at radius 1 is 1.27 bits per heavy atom. The molecular weight excluding hydrogens is 362 g/mol. The van der Waals surface area contributed by atoms with Crippen molar-refractivity contribution in [1.29, 1.82) is 0 Å². The van der Waals surface area contributed by atoms with Crippen LogP contribution in [0.15, 0.2) is 36.9 Å². The Morgan fingerprint density at radius 2 is 2.00 bits per heavy atom. The van der Waals surface area contributed by atoms with Crippen molar-refractivity contribution in [3.8, 4) is 0 Å². The maximum absolute atomic E-state index is 5.42. The van der Waals surface area contributed by atoms with E-state index < -0.39 is 0 Å². The van der Waals surface area contributed by atoms with E-state index in [1.54, 1.807) is 0 Å². The highest BCUT2D eigenvalue weighted by molar-refractivity contribution is 7.73. The summed E-state index contributed by atoms with van der Waals surface area (Å²) < 4.78 is 2.65. The third kappa shape index (κ3) is 5.16. The molecule has 1 aliphatic rings. The highest BCUT2D eigenvalue weighted by Crippen LogP contribution is 2.21. The van der Waals surface area contributed by atoms with E-state index in [1.807, 2.05) is 10.8 Å². The lowest BCUT2D eigenvalue weighted by Crippen LogP contribution is -2.29. The summed E-state index contributed by atoms with van der Waals surface area (Å²) in [5, 5.41) is 8.56. The Bertz CT molecular complexity index is 759. The molecule has 0 aliphatic carbocycles. The number of anilines is 2. The van der Waals surface area contributed by atoms with Crippen LogP contribution in [0.2, 0.25) is 0 Å². The number of aromatic nitrogens is 2. The fraction of sp³-hybridized carbons (Fsp3) is 0.474. The van der Waals surface area contributed by atoms with Gasteiger partial charge >= 0.3 is 0 Å². The van der Waals surface area contributed by atoms with E-state index in [-0.39, 0.29) is 0 Å². The van der Waals surface area contributed by atoms with Gasteiger partial charge in [-0.1, -0.05) is 29.5 Å². The standard InChI is InChI=1S/C19H27N5S2/c1-3-11-20-18-21-24(19(25)26-18)15-22(2)14-16-7-9-17(10-8-16)23-12-5-4-6-13-23/h3,7-10H,1,4-6,11-15H2,2H3,(H,20,21). The van der Waals surface area contributed by atoms with Crippen molar-refractivity contribution in [2.24, 2.45) is 0 Å². The van der Waals surface area contributed by atoms with E-state index in [2.05, 4.69) is 58.1 Å². The zero-order valence-corrected chi connectivity index (χ0v) is 17.0. The first-order chi connectivity index (χ1) is 12.7. The molecule has 0 atom stereocenters. The van der Waals surface area contributed by atoms with Crippen LogP contribution < -0.4 is 10.2 Å². The molecule has 7 heteroatoms. The number of nitrogens with zero attached hydrogens (tertiary/aromatic N) is 4. The van der Waals surface area contributed by atoms with Crippen LogP contribution in [-0.4, -0.2) is 41.4 Å². The zero-order valence-electron chi connectivity index (χ0n) is 15.4. The molecule has 26 heavy (non-hydrogen) atoms. The largest absolute Gasteiger partial charge is 0.372 e. The number of hydrogen-bond donors (Lipinski definition) is 1. The average molecular weight is 390 g/mol. The molecule has 140 valence electrons. The molecule has 0 bridgehead atoms. The summed E-state index contributed by atoms with van der Waals surface area (Å²) in [5.74, 6) is 0. The monoisotopic (exact) mass is 389 g/mol. The number of rotatable bonds is 8. The van der Waals surface area contributed by atoms with Gasteiger partial charge in [0.15, 0.2) is 3.95 Å². The number of benzene rings is 1. The molecule has 1 aromatic heterocycles. The van der Waals surface area contributed by atoms with Gasteiger partial charge in [-0.2, -0.15) is 0 Å². The van der Waals surface area contributed by atoms with Gasteiger partial charge in [0.2, 0.25) is 5.13 Å². The van der Waals surface area contributed by atoms with Crippen molar-refractivity contribution in [1.82, 2.24) is 14.7 Å². The minimum Gasteiger partial charge on any atom is -0.372 e. The van der Waals surface area contributed by atoms with E-state index in [0.29, 0.717) is 13.2 Å². The van der Waals surface area contributed by atoms with Gasteiger partial charge in [-0.25, -0.2) is 4.68 Å². The van der Waals surface area contributed by atoms with Crippen molar-refractivity contribution in [3.05, 3.63) is 46.4 Å². The topological polar surface area (TPSA) is 36.3 Å². The molecule has 0 saturated carbocycles. The second-order valence-electron chi connectivity index (χ2n) is 6.71. The molecule has 1 fully saturated rings. The summed E-state index contributed by atoms with van der Waals surface area (Å²) in [6, 6.07) is 8.97. The first-order valence-electron chi connectivity index (χ1n) is 9.11. The maximum Gasteiger partial charge on any atom is 0.204 e. The third-order valence-electron chi connectivity index (χ3n) is 4.49. The lowest BCUT2D eigenvalue weighted by Gasteiger charge is -2.29. The molecule has 0 radical (unpaired) electrons. The normalized spacial score (nSPS) is 14.6. The fourth-order valence-corrected chi connectivity index (χ4v) is 4.18. The van der Waals surface area contributed by atoms with E-state index in [0.717, 1.165) is 15.6 Å². The number of piperidine rings is 1. The molecular formula is C19H27N5S2. The fourth-order valence-electron chi connectivity index (χ4n) is 3.18. The Balaban J connectivity index is 1.56. The SMILES string of the molecule is C=CCNc1nn(CN(C)Cc2ccc(N3CCCCC3)cc2)c(=S)s1.